The second kappa shape index (κ2) is 8.87. The van der Waals surface area contributed by atoms with Gasteiger partial charge in [0.2, 0.25) is 11.8 Å². The Morgan fingerprint density at radius 3 is 2.28 bits per heavy atom. The van der Waals surface area contributed by atoms with E-state index in [9.17, 15) is 22.8 Å². The summed E-state index contributed by atoms with van der Waals surface area (Å²) in [6.45, 7) is -0.453. The van der Waals surface area contributed by atoms with Gasteiger partial charge in [-0.25, -0.2) is 0 Å². The van der Waals surface area contributed by atoms with Crippen molar-refractivity contribution >= 4 is 11.8 Å². The molecule has 0 radical (unpaired) electrons. The number of rotatable bonds is 6. The molecule has 0 saturated heterocycles. The van der Waals surface area contributed by atoms with Gasteiger partial charge in [0.05, 0.1) is 6.54 Å². The fourth-order valence-corrected chi connectivity index (χ4v) is 3.12. The standard InChI is InChI=1S/C18H23F3N2O2/c19-18(20,21)17(14-9-5-2-6-10-14)23-16(25)12-22-15(24)11-13-7-3-1-4-8-13/h2,5-6,9-10,13,17H,1,3-4,7-8,11-12H2,(H,22,24)(H,23,25). The molecule has 1 aromatic carbocycles. The zero-order chi connectivity index (χ0) is 18.3. The van der Waals surface area contributed by atoms with E-state index < -0.39 is 24.7 Å². The summed E-state index contributed by atoms with van der Waals surface area (Å²) in [5, 5.41) is 4.37. The first-order chi connectivity index (χ1) is 11.9. The summed E-state index contributed by atoms with van der Waals surface area (Å²) in [4.78, 5) is 23.7. The van der Waals surface area contributed by atoms with Gasteiger partial charge in [0.25, 0.3) is 0 Å². The number of hydrogen-bond donors (Lipinski definition) is 2. The molecule has 0 aliphatic heterocycles. The molecule has 2 rings (SSSR count). The summed E-state index contributed by atoms with van der Waals surface area (Å²) in [6, 6.07) is 5.08. The Balaban J connectivity index is 1.83. The Kier molecular flexibility index (Phi) is 6.84. The van der Waals surface area contributed by atoms with Crippen LogP contribution >= 0.6 is 0 Å². The number of halogens is 3. The molecule has 0 bridgehead atoms. The summed E-state index contributed by atoms with van der Waals surface area (Å²) in [6.07, 6.45) is 1.08. The number of carbonyl (C=O) groups is 2. The van der Waals surface area contributed by atoms with Crippen molar-refractivity contribution in [3.8, 4) is 0 Å². The fraction of sp³-hybridized carbons (Fsp3) is 0.556. The van der Waals surface area contributed by atoms with E-state index in [4.69, 9.17) is 0 Å². The number of carbonyl (C=O) groups excluding carboxylic acids is 2. The Bertz CT molecular complexity index is 569. The molecule has 1 aliphatic rings. The van der Waals surface area contributed by atoms with E-state index in [0.29, 0.717) is 12.3 Å². The van der Waals surface area contributed by atoms with Crippen molar-refractivity contribution in [2.75, 3.05) is 6.54 Å². The molecule has 7 heteroatoms. The Morgan fingerprint density at radius 2 is 1.68 bits per heavy atom. The minimum Gasteiger partial charge on any atom is -0.347 e. The van der Waals surface area contributed by atoms with Crippen LogP contribution in [0.4, 0.5) is 13.2 Å². The first-order valence-electron chi connectivity index (χ1n) is 8.54. The molecule has 1 aromatic rings. The Hall–Kier alpha value is -2.05. The van der Waals surface area contributed by atoms with E-state index >= 15 is 0 Å². The van der Waals surface area contributed by atoms with Crippen LogP contribution in [0.2, 0.25) is 0 Å². The average molecular weight is 356 g/mol. The molecule has 138 valence electrons. The van der Waals surface area contributed by atoms with Crippen molar-refractivity contribution in [2.24, 2.45) is 5.92 Å². The van der Waals surface area contributed by atoms with Gasteiger partial charge in [0.15, 0.2) is 6.04 Å². The lowest BCUT2D eigenvalue weighted by Gasteiger charge is -2.23. The maximum Gasteiger partial charge on any atom is 0.412 e. The number of hydrogen-bond acceptors (Lipinski definition) is 2. The molecular formula is C18H23F3N2O2. The lowest BCUT2D eigenvalue weighted by Crippen LogP contribution is -2.43. The van der Waals surface area contributed by atoms with Gasteiger partial charge in [0, 0.05) is 6.42 Å². The van der Waals surface area contributed by atoms with E-state index in [0.717, 1.165) is 25.7 Å². The highest BCUT2D eigenvalue weighted by Gasteiger charge is 2.41. The fourth-order valence-electron chi connectivity index (χ4n) is 3.12. The molecular weight excluding hydrogens is 333 g/mol. The molecule has 1 aliphatic carbocycles. The Morgan fingerprint density at radius 1 is 1.04 bits per heavy atom. The van der Waals surface area contributed by atoms with Crippen LogP contribution in [0.15, 0.2) is 30.3 Å². The molecule has 25 heavy (non-hydrogen) atoms. The zero-order valence-electron chi connectivity index (χ0n) is 13.9. The summed E-state index contributed by atoms with van der Waals surface area (Å²) in [5.74, 6) is -0.836. The van der Waals surface area contributed by atoms with Crippen LogP contribution in [0.5, 0.6) is 0 Å². The Labute approximate surface area is 145 Å². The van der Waals surface area contributed by atoms with E-state index in [1.54, 1.807) is 6.07 Å². The number of nitrogens with one attached hydrogen (secondary N) is 2. The van der Waals surface area contributed by atoms with Gasteiger partial charge in [-0.1, -0.05) is 49.6 Å². The molecule has 2 amide bonds. The quantitative estimate of drug-likeness (QED) is 0.820. The average Bonchev–Trinajstić information content (AvgIpc) is 2.58. The third-order valence-corrected chi connectivity index (χ3v) is 4.41. The first kappa shape index (κ1) is 19.3. The van der Waals surface area contributed by atoms with Crippen LogP contribution in [-0.4, -0.2) is 24.5 Å². The molecule has 0 spiro atoms. The van der Waals surface area contributed by atoms with Crippen LogP contribution in [-0.2, 0) is 9.59 Å². The highest BCUT2D eigenvalue weighted by molar-refractivity contribution is 5.85. The molecule has 1 atom stereocenters. The van der Waals surface area contributed by atoms with Gasteiger partial charge >= 0.3 is 6.18 Å². The van der Waals surface area contributed by atoms with Gasteiger partial charge in [0.1, 0.15) is 0 Å². The number of alkyl halides is 3. The molecule has 1 fully saturated rings. The highest BCUT2D eigenvalue weighted by Crippen LogP contribution is 2.32. The summed E-state index contributed by atoms with van der Waals surface area (Å²) >= 11 is 0. The molecule has 1 saturated carbocycles. The molecule has 2 N–H and O–H groups in total. The van der Waals surface area contributed by atoms with Crippen molar-refractivity contribution in [3.63, 3.8) is 0 Å². The maximum atomic E-state index is 13.2. The van der Waals surface area contributed by atoms with E-state index in [1.807, 2.05) is 5.32 Å². The lowest BCUT2D eigenvalue weighted by atomic mass is 9.87. The predicted molar refractivity (Wildman–Crippen MR) is 87.6 cm³/mol. The summed E-state index contributed by atoms with van der Waals surface area (Å²) in [5.41, 5.74) is -0.0446. The van der Waals surface area contributed by atoms with Crippen molar-refractivity contribution in [2.45, 2.75) is 50.7 Å². The number of benzene rings is 1. The van der Waals surface area contributed by atoms with Crippen LogP contribution in [0.3, 0.4) is 0 Å². The minimum absolute atomic E-state index is 0.0446. The molecule has 1 unspecified atom stereocenters. The topological polar surface area (TPSA) is 58.2 Å². The SMILES string of the molecule is O=C(CC1CCCCC1)NCC(=O)NC(c1ccccc1)C(F)(F)F. The van der Waals surface area contributed by atoms with Crippen LogP contribution < -0.4 is 10.6 Å². The predicted octanol–water partition coefficient (Wildman–Crippen LogP) is 3.49. The van der Waals surface area contributed by atoms with Crippen molar-refractivity contribution in [1.29, 1.82) is 0 Å². The van der Waals surface area contributed by atoms with Gasteiger partial charge in [-0.2, -0.15) is 13.2 Å². The van der Waals surface area contributed by atoms with Gasteiger partial charge in [-0.05, 0) is 24.3 Å². The molecule has 4 nitrogen and oxygen atoms in total. The monoisotopic (exact) mass is 356 g/mol. The van der Waals surface area contributed by atoms with Crippen LogP contribution in [0.25, 0.3) is 0 Å². The second-order valence-corrected chi connectivity index (χ2v) is 6.44. The van der Waals surface area contributed by atoms with Crippen molar-refractivity contribution in [3.05, 3.63) is 35.9 Å². The molecule has 0 aromatic heterocycles. The van der Waals surface area contributed by atoms with Crippen LogP contribution in [0, 0.1) is 5.92 Å². The molecule has 0 heterocycles. The summed E-state index contributed by atoms with van der Waals surface area (Å²) in [7, 11) is 0. The van der Waals surface area contributed by atoms with E-state index in [-0.39, 0.29) is 11.5 Å². The summed E-state index contributed by atoms with van der Waals surface area (Å²) < 4.78 is 39.5. The van der Waals surface area contributed by atoms with E-state index in [1.165, 1.54) is 30.7 Å². The minimum atomic E-state index is -4.61. The van der Waals surface area contributed by atoms with Gasteiger partial charge in [-0.3, -0.25) is 9.59 Å². The second-order valence-electron chi connectivity index (χ2n) is 6.44. The van der Waals surface area contributed by atoms with Gasteiger partial charge < -0.3 is 10.6 Å². The van der Waals surface area contributed by atoms with Crippen molar-refractivity contribution in [1.82, 2.24) is 10.6 Å². The van der Waals surface area contributed by atoms with Crippen molar-refractivity contribution < 1.29 is 22.8 Å². The lowest BCUT2D eigenvalue weighted by molar-refractivity contribution is -0.163. The van der Waals surface area contributed by atoms with Gasteiger partial charge in [-0.15, -0.1) is 0 Å². The smallest absolute Gasteiger partial charge is 0.347 e. The third-order valence-electron chi connectivity index (χ3n) is 4.41. The van der Waals surface area contributed by atoms with E-state index in [2.05, 4.69) is 5.32 Å². The number of amides is 2. The largest absolute Gasteiger partial charge is 0.412 e. The third kappa shape index (κ3) is 6.40. The normalized spacial score (nSPS) is 16.9. The maximum absolute atomic E-state index is 13.2. The highest BCUT2D eigenvalue weighted by atomic mass is 19.4. The first-order valence-corrected chi connectivity index (χ1v) is 8.54. The zero-order valence-corrected chi connectivity index (χ0v) is 13.9. The van der Waals surface area contributed by atoms with Crippen LogP contribution in [0.1, 0.15) is 50.1 Å².